The molecular weight excluding hydrogens is 455 g/mol. The van der Waals surface area contributed by atoms with E-state index in [0.717, 1.165) is 24.8 Å². The van der Waals surface area contributed by atoms with Crippen LogP contribution in [0.25, 0.3) is 0 Å². The van der Waals surface area contributed by atoms with Crippen molar-refractivity contribution in [3.63, 3.8) is 0 Å². The van der Waals surface area contributed by atoms with Crippen LogP contribution >= 0.6 is 0 Å². The second kappa shape index (κ2) is 12.3. The molecule has 1 atom stereocenters. The quantitative estimate of drug-likeness (QED) is 0.511. The van der Waals surface area contributed by atoms with Gasteiger partial charge in [-0.1, -0.05) is 60.7 Å². The number of carbonyl (C=O) groups excluding carboxylic acids is 2. The van der Waals surface area contributed by atoms with Crippen LogP contribution in [0.3, 0.4) is 0 Å². The van der Waals surface area contributed by atoms with Crippen molar-refractivity contribution >= 4 is 11.8 Å². The Morgan fingerprint density at radius 2 is 1.61 bits per heavy atom. The maximum atomic E-state index is 14.4. The first-order chi connectivity index (χ1) is 17.5. The zero-order chi connectivity index (χ0) is 25.3. The Balaban J connectivity index is 1.65. The summed E-state index contributed by atoms with van der Waals surface area (Å²) in [5, 5.41) is 0. The minimum atomic E-state index is -0.372. The molecule has 3 aromatic rings. The van der Waals surface area contributed by atoms with Gasteiger partial charge in [0.05, 0.1) is 18.0 Å². The number of rotatable bonds is 4. The molecule has 1 aliphatic rings. The van der Waals surface area contributed by atoms with Gasteiger partial charge in [-0.2, -0.15) is 0 Å². The summed E-state index contributed by atoms with van der Waals surface area (Å²) in [7, 11) is 1.81. The van der Waals surface area contributed by atoms with Crippen LogP contribution in [0.5, 0.6) is 5.75 Å². The zero-order valence-corrected chi connectivity index (χ0v) is 20.7. The highest BCUT2D eigenvalue weighted by molar-refractivity contribution is 5.96. The van der Waals surface area contributed by atoms with Crippen LogP contribution in [0.15, 0.2) is 78.9 Å². The third-order valence-electron chi connectivity index (χ3n) is 6.66. The van der Waals surface area contributed by atoms with Gasteiger partial charge in [-0.3, -0.25) is 9.59 Å². The van der Waals surface area contributed by atoms with Gasteiger partial charge >= 0.3 is 0 Å². The third-order valence-corrected chi connectivity index (χ3v) is 6.66. The highest BCUT2D eigenvalue weighted by Gasteiger charge is 2.27. The van der Waals surface area contributed by atoms with E-state index in [2.05, 4.69) is 0 Å². The van der Waals surface area contributed by atoms with Crippen LogP contribution in [0.1, 0.15) is 40.7 Å². The molecule has 3 aromatic carbocycles. The molecule has 36 heavy (non-hydrogen) atoms. The molecule has 1 heterocycles. The van der Waals surface area contributed by atoms with Crippen molar-refractivity contribution in [2.45, 2.75) is 38.1 Å². The van der Waals surface area contributed by atoms with Gasteiger partial charge in [0.1, 0.15) is 18.2 Å². The van der Waals surface area contributed by atoms with Crippen molar-refractivity contribution in [2.75, 3.05) is 26.7 Å². The number of hydrogen-bond acceptors (Lipinski definition) is 3. The fraction of sp³-hybridized carbons (Fsp3) is 0.333. The number of nitrogens with zero attached hydrogens (tertiary/aromatic N) is 2. The second-order valence-electron chi connectivity index (χ2n) is 9.29. The van der Waals surface area contributed by atoms with Gasteiger partial charge in [0.25, 0.3) is 5.91 Å². The molecule has 0 bridgehead atoms. The predicted octanol–water partition coefficient (Wildman–Crippen LogP) is 5.14. The average Bonchev–Trinajstić information content (AvgIpc) is 2.90. The summed E-state index contributed by atoms with van der Waals surface area (Å²) in [6.07, 6.45) is 3.10. The molecule has 0 saturated heterocycles. The molecular formula is C30H33FN2O3. The van der Waals surface area contributed by atoms with Crippen molar-refractivity contribution in [2.24, 2.45) is 0 Å². The summed E-state index contributed by atoms with van der Waals surface area (Å²) in [5.74, 6) is -0.0610. The van der Waals surface area contributed by atoms with Crippen molar-refractivity contribution < 1.29 is 18.7 Å². The van der Waals surface area contributed by atoms with Gasteiger partial charge in [0, 0.05) is 20.1 Å². The van der Waals surface area contributed by atoms with E-state index in [4.69, 9.17) is 4.74 Å². The summed E-state index contributed by atoms with van der Waals surface area (Å²) in [6.45, 7) is 1.41. The molecule has 0 unspecified atom stereocenters. The first-order valence-corrected chi connectivity index (χ1v) is 12.6. The van der Waals surface area contributed by atoms with Crippen molar-refractivity contribution in [3.8, 4) is 5.75 Å². The van der Waals surface area contributed by atoms with Crippen molar-refractivity contribution in [1.29, 1.82) is 0 Å². The van der Waals surface area contributed by atoms with Crippen molar-refractivity contribution in [3.05, 3.63) is 101 Å². The molecule has 0 saturated carbocycles. The smallest absolute Gasteiger partial charge is 0.257 e. The lowest BCUT2D eigenvalue weighted by Crippen LogP contribution is -2.46. The largest absolute Gasteiger partial charge is 0.491 e. The number of benzene rings is 3. The lowest BCUT2D eigenvalue weighted by atomic mass is 10.0. The van der Waals surface area contributed by atoms with E-state index in [9.17, 15) is 14.0 Å². The van der Waals surface area contributed by atoms with Crippen molar-refractivity contribution in [1.82, 2.24) is 9.80 Å². The van der Waals surface area contributed by atoms with E-state index in [-0.39, 0.29) is 36.7 Å². The lowest BCUT2D eigenvalue weighted by molar-refractivity contribution is -0.133. The maximum Gasteiger partial charge on any atom is 0.257 e. The SMILES string of the molecule is CN1CCCCCN(C(=O)Cc2ccccc2F)[C@@H](Cc2ccccc2)COc2ccccc2C1=O. The Morgan fingerprint density at radius 3 is 2.42 bits per heavy atom. The van der Waals surface area contributed by atoms with Gasteiger partial charge in [-0.15, -0.1) is 0 Å². The monoisotopic (exact) mass is 488 g/mol. The molecule has 188 valence electrons. The number of carbonyl (C=O) groups is 2. The Kier molecular flexibility index (Phi) is 8.71. The number of fused-ring (bicyclic) bond motifs is 1. The highest BCUT2D eigenvalue weighted by atomic mass is 19.1. The number of ether oxygens (including phenoxy) is 1. The molecule has 0 aromatic heterocycles. The fourth-order valence-electron chi connectivity index (χ4n) is 4.63. The van der Waals surface area contributed by atoms with Crippen LogP contribution in [-0.2, 0) is 17.6 Å². The molecule has 0 radical (unpaired) electrons. The molecule has 0 N–H and O–H groups in total. The van der Waals surface area contributed by atoms with Crippen LogP contribution in [-0.4, -0.2) is 54.4 Å². The van der Waals surface area contributed by atoms with E-state index in [0.29, 0.717) is 36.4 Å². The number of para-hydroxylation sites is 1. The molecule has 5 nitrogen and oxygen atoms in total. The predicted molar refractivity (Wildman–Crippen MR) is 138 cm³/mol. The minimum absolute atomic E-state index is 0.00419. The molecule has 0 fully saturated rings. The zero-order valence-electron chi connectivity index (χ0n) is 20.7. The number of halogens is 1. The normalized spacial score (nSPS) is 17.3. The minimum Gasteiger partial charge on any atom is -0.491 e. The molecule has 6 heteroatoms. The van der Waals surface area contributed by atoms with Gasteiger partial charge in [-0.25, -0.2) is 4.39 Å². The fourth-order valence-corrected chi connectivity index (χ4v) is 4.63. The van der Waals surface area contributed by atoms with E-state index in [1.165, 1.54) is 6.07 Å². The van der Waals surface area contributed by atoms with E-state index < -0.39 is 0 Å². The first kappa shape index (κ1) is 25.4. The Labute approximate surface area is 212 Å². The maximum absolute atomic E-state index is 14.4. The van der Waals surface area contributed by atoms with Crippen LogP contribution in [0, 0.1) is 5.82 Å². The third kappa shape index (κ3) is 6.51. The Morgan fingerprint density at radius 1 is 0.917 bits per heavy atom. The summed E-state index contributed by atoms with van der Waals surface area (Å²) in [5.41, 5.74) is 1.99. The van der Waals surface area contributed by atoms with Crippen LogP contribution < -0.4 is 4.74 Å². The van der Waals surface area contributed by atoms with Gasteiger partial charge < -0.3 is 14.5 Å². The molecule has 2 amide bonds. The second-order valence-corrected chi connectivity index (χ2v) is 9.29. The summed E-state index contributed by atoms with van der Waals surface area (Å²) >= 11 is 0. The van der Waals surface area contributed by atoms with Crippen LogP contribution in [0.4, 0.5) is 4.39 Å². The van der Waals surface area contributed by atoms with E-state index >= 15 is 0 Å². The summed E-state index contributed by atoms with van der Waals surface area (Å²) < 4.78 is 20.6. The standard InChI is InChI=1S/C30H33FN2O3/c1-32-18-10-3-11-19-33(29(34)21-24-14-6-8-16-27(24)31)25(20-23-12-4-2-5-13-23)22-36-28-17-9-7-15-26(28)30(32)35/h2,4-9,12-17,25H,3,10-11,18-22H2,1H3/t25-/m0/s1. The molecule has 4 rings (SSSR count). The van der Waals surface area contributed by atoms with Crippen LogP contribution in [0.2, 0.25) is 0 Å². The Bertz CT molecular complexity index is 1170. The van der Waals surface area contributed by atoms with Gasteiger partial charge in [0.15, 0.2) is 0 Å². The molecule has 0 spiro atoms. The Hall–Kier alpha value is -3.67. The number of hydrogen-bond donors (Lipinski definition) is 0. The van der Waals surface area contributed by atoms with E-state index in [1.54, 1.807) is 42.3 Å². The summed E-state index contributed by atoms with van der Waals surface area (Å²) in [4.78, 5) is 30.2. The average molecular weight is 489 g/mol. The van der Waals surface area contributed by atoms with Gasteiger partial charge in [-0.05, 0) is 55.0 Å². The summed E-state index contributed by atoms with van der Waals surface area (Å²) in [6, 6.07) is 23.4. The topological polar surface area (TPSA) is 49.9 Å². The lowest BCUT2D eigenvalue weighted by Gasteiger charge is -2.32. The van der Waals surface area contributed by atoms with Gasteiger partial charge in [0.2, 0.25) is 5.91 Å². The number of amides is 2. The first-order valence-electron chi connectivity index (χ1n) is 12.6. The molecule has 0 aliphatic carbocycles. The molecule has 1 aliphatic heterocycles. The van der Waals surface area contributed by atoms with E-state index in [1.807, 2.05) is 47.4 Å². The highest BCUT2D eigenvalue weighted by Crippen LogP contribution is 2.23.